The van der Waals surface area contributed by atoms with Gasteiger partial charge in [-0.15, -0.1) is 10.2 Å². The van der Waals surface area contributed by atoms with Gasteiger partial charge in [-0.25, -0.2) is 0 Å². The second-order valence-corrected chi connectivity index (χ2v) is 6.11. The van der Waals surface area contributed by atoms with Crippen molar-refractivity contribution in [3.05, 3.63) is 77.9 Å². The van der Waals surface area contributed by atoms with E-state index in [1.807, 2.05) is 36.4 Å². The van der Waals surface area contributed by atoms with Gasteiger partial charge in [0.1, 0.15) is 11.6 Å². The van der Waals surface area contributed by atoms with Gasteiger partial charge in [-0.05, 0) is 36.8 Å². The summed E-state index contributed by atoms with van der Waals surface area (Å²) in [4.78, 5) is 12.0. The summed E-state index contributed by atoms with van der Waals surface area (Å²) in [6.07, 6.45) is 0.240. The summed E-state index contributed by atoms with van der Waals surface area (Å²) >= 11 is 0. The van der Waals surface area contributed by atoms with E-state index in [2.05, 4.69) is 46.0 Å². The minimum atomic E-state index is -0.166. The molecule has 0 aliphatic carbocycles. The minimum Gasteiger partial charge on any atom is -0.493 e. The third kappa shape index (κ3) is 6.11. The van der Waals surface area contributed by atoms with E-state index < -0.39 is 0 Å². The van der Waals surface area contributed by atoms with Gasteiger partial charge in [-0.3, -0.25) is 4.79 Å². The van der Waals surface area contributed by atoms with Crippen molar-refractivity contribution in [1.29, 1.82) is 0 Å². The quantitative estimate of drug-likeness (QED) is 0.637. The molecule has 1 amide bonds. The molecule has 0 saturated heterocycles. The minimum absolute atomic E-state index is 0.166. The molecular weight excluding hydrogens is 340 g/mol. The number of para-hydroxylation sites is 1. The van der Waals surface area contributed by atoms with Crippen LogP contribution in [0.5, 0.6) is 5.75 Å². The Morgan fingerprint density at radius 3 is 2.48 bits per heavy atom. The Kier molecular flexibility index (Phi) is 6.35. The number of nitrogens with one attached hydrogen (secondary N) is 2. The van der Waals surface area contributed by atoms with Crippen LogP contribution in [0.25, 0.3) is 0 Å². The Morgan fingerprint density at radius 1 is 0.963 bits per heavy atom. The second kappa shape index (κ2) is 9.33. The van der Waals surface area contributed by atoms with Crippen molar-refractivity contribution in [2.24, 2.45) is 0 Å². The molecule has 0 aliphatic rings. The number of carbonyl (C=O) groups excluding carboxylic acids is 1. The fourth-order valence-electron chi connectivity index (χ4n) is 2.49. The molecule has 0 bridgehead atoms. The van der Waals surface area contributed by atoms with Gasteiger partial charge in [0.05, 0.1) is 13.0 Å². The number of aryl methyl sites for hydroxylation is 1. The number of anilines is 2. The number of amides is 1. The van der Waals surface area contributed by atoms with E-state index in [-0.39, 0.29) is 12.3 Å². The zero-order valence-corrected chi connectivity index (χ0v) is 15.2. The first-order chi connectivity index (χ1) is 13.2. The molecule has 0 saturated carbocycles. The Bertz CT molecular complexity index is 867. The number of benzene rings is 2. The maximum absolute atomic E-state index is 12.0. The summed E-state index contributed by atoms with van der Waals surface area (Å²) in [5.74, 6) is 1.65. The zero-order chi connectivity index (χ0) is 18.9. The van der Waals surface area contributed by atoms with Crippen LogP contribution >= 0.6 is 0 Å². The van der Waals surface area contributed by atoms with E-state index in [0.717, 1.165) is 5.75 Å². The highest BCUT2D eigenvalue weighted by atomic mass is 16.5. The van der Waals surface area contributed by atoms with Crippen LogP contribution in [-0.2, 0) is 11.3 Å². The molecule has 0 fully saturated rings. The first-order valence-corrected chi connectivity index (χ1v) is 8.80. The number of aromatic nitrogens is 2. The monoisotopic (exact) mass is 362 g/mol. The smallest absolute Gasteiger partial charge is 0.229 e. The van der Waals surface area contributed by atoms with Crippen molar-refractivity contribution in [3.63, 3.8) is 0 Å². The van der Waals surface area contributed by atoms with Crippen LogP contribution in [0.3, 0.4) is 0 Å². The van der Waals surface area contributed by atoms with Gasteiger partial charge in [0.2, 0.25) is 5.91 Å². The molecule has 0 aliphatic heterocycles. The second-order valence-electron chi connectivity index (χ2n) is 6.11. The van der Waals surface area contributed by atoms with E-state index >= 15 is 0 Å². The van der Waals surface area contributed by atoms with Crippen molar-refractivity contribution in [2.75, 3.05) is 17.2 Å². The van der Waals surface area contributed by atoms with Crippen LogP contribution in [0.4, 0.5) is 11.6 Å². The maximum atomic E-state index is 12.0. The third-order valence-electron chi connectivity index (χ3n) is 3.83. The van der Waals surface area contributed by atoms with Crippen molar-refractivity contribution in [1.82, 2.24) is 10.2 Å². The number of rotatable bonds is 8. The highest BCUT2D eigenvalue weighted by Crippen LogP contribution is 2.11. The van der Waals surface area contributed by atoms with Gasteiger partial charge in [-0.1, -0.05) is 48.0 Å². The number of nitrogens with zero attached hydrogens (tertiary/aromatic N) is 2. The van der Waals surface area contributed by atoms with E-state index in [0.29, 0.717) is 24.8 Å². The predicted molar refractivity (Wildman–Crippen MR) is 106 cm³/mol. The number of hydrogen-bond acceptors (Lipinski definition) is 5. The van der Waals surface area contributed by atoms with Crippen LogP contribution in [0.2, 0.25) is 0 Å². The Balaban J connectivity index is 1.42. The topological polar surface area (TPSA) is 76.1 Å². The zero-order valence-electron chi connectivity index (χ0n) is 15.2. The Hall–Kier alpha value is -3.41. The first kappa shape index (κ1) is 18.4. The molecule has 3 rings (SSSR count). The molecule has 2 N–H and O–H groups in total. The van der Waals surface area contributed by atoms with Crippen LogP contribution in [-0.4, -0.2) is 22.7 Å². The summed E-state index contributed by atoms with van der Waals surface area (Å²) in [6.45, 7) is 3.03. The third-order valence-corrected chi connectivity index (χ3v) is 3.83. The Labute approximate surface area is 158 Å². The van der Waals surface area contributed by atoms with E-state index in [1.165, 1.54) is 11.1 Å². The van der Waals surface area contributed by atoms with Gasteiger partial charge in [0.25, 0.3) is 0 Å². The lowest BCUT2D eigenvalue weighted by molar-refractivity contribution is -0.116. The van der Waals surface area contributed by atoms with Crippen LogP contribution < -0.4 is 15.4 Å². The van der Waals surface area contributed by atoms with E-state index in [1.54, 1.807) is 12.1 Å². The van der Waals surface area contributed by atoms with Gasteiger partial charge < -0.3 is 15.4 Å². The lowest BCUT2D eigenvalue weighted by Crippen LogP contribution is -2.16. The summed E-state index contributed by atoms with van der Waals surface area (Å²) in [5, 5.41) is 14.1. The van der Waals surface area contributed by atoms with Crippen LogP contribution in [0, 0.1) is 6.92 Å². The molecule has 0 radical (unpaired) electrons. The molecule has 1 heterocycles. The lowest BCUT2D eigenvalue weighted by Gasteiger charge is -2.08. The van der Waals surface area contributed by atoms with Gasteiger partial charge in [0, 0.05) is 6.54 Å². The molecule has 27 heavy (non-hydrogen) atoms. The SMILES string of the molecule is Cc1cccc(CNc2ccc(NC(=O)CCOc3ccccc3)nn2)c1. The number of hydrogen-bond donors (Lipinski definition) is 2. The van der Waals surface area contributed by atoms with Crippen molar-refractivity contribution in [2.45, 2.75) is 19.9 Å². The van der Waals surface area contributed by atoms with Crippen molar-refractivity contribution in [3.8, 4) is 5.75 Å². The van der Waals surface area contributed by atoms with E-state index in [9.17, 15) is 4.79 Å². The lowest BCUT2D eigenvalue weighted by atomic mass is 10.1. The largest absolute Gasteiger partial charge is 0.493 e. The molecule has 6 heteroatoms. The van der Waals surface area contributed by atoms with Crippen LogP contribution in [0.1, 0.15) is 17.5 Å². The van der Waals surface area contributed by atoms with Gasteiger partial charge >= 0.3 is 0 Å². The first-order valence-electron chi connectivity index (χ1n) is 8.80. The molecule has 6 nitrogen and oxygen atoms in total. The maximum Gasteiger partial charge on any atom is 0.229 e. The van der Waals surface area contributed by atoms with Gasteiger partial charge in [-0.2, -0.15) is 0 Å². The summed E-state index contributed by atoms with van der Waals surface area (Å²) in [7, 11) is 0. The fraction of sp³-hybridized carbons (Fsp3) is 0.190. The van der Waals surface area contributed by atoms with Crippen LogP contribution in [0.15, 0.2) is 66.7 Å². The van der Waals surface area contributed by atoms with Crippen molar-refractivity contribution < 1.29 is 9.53 Å². The van der Waals surface area contributed by atoms with Crippen molar-refractivity contribution >= 4 is 17.5 Å². The molecule has 0 atom stereocenters. The highest BCUT2D eigenvalue weighted by molar-refractivity contribution is 5.89. The normalized spacial score (nSPS) is 10.3. The molecule has 138 valence electrons. The average Bonchev–Trinajstić information content (AvgIpc) is 2.68. The predicted octanol–water partition coefficient (Wildman–Crippen LogP) is 3.80. The summed E-state index contributed by atoms with van der Waals surface area (Å²) < 4.78 is 5.51. The Morgan fingerprint density at radius 2 is 1.74 bits per heavy atom. The standard InChI is InChI=1S/C21H22N4O2/c1-16-6-5-7-17(14-16)15-22-19-10-11-20(25-24-19)23-21(26)12-13-27-18-8-3-2-4-9-18/h2-11,14H,12-13,15H2,1H3,(H,22,24)(H,23,25,26). The number of ether oxygens (including phenoxy) is 1. The summed E-state index contributed by atoms with van der Waals surface area (Å²) in [5.41, 5.74) is 2.39. The highest BCUT2D eigenvalue weighted by Gasteiger charge is 2.05. The molecule has 3 aromatic rings. The number of carbonyl (C=O) groups is 1. The molecular formula is C21H22N4O2. The fourth-order valence-corrected chi connectivity index (χ4v) is 2.49. The summed E-state index contributed by atoms with van der Waals surface area (Å²) in [6, 6.07) is 21.2. The van der Waals surface area contributed by atoms with Gasteiger partial charge in [0.15, 0.2) is 5.82 Å². The van der Waals surface area contributed by atoms with E-state index in [4.69, 9.17) is 4.74 Å². The molecule has 0 spiro atoms. The molecule has 2 aromatic carbocycles. The molecule has 0 unspecified atom stereocenters. The average molecular weight is 362 g/mol. The molecule has 1 aromatic heterocycles.